The van der Waals surface area contributed by atoms with Crippen molar-refractivity contribution in [3.63, 3.8) is 0 Å². The van der Waals surface area contributed by atoms with Gasteiger partial charge in [-0.3, -0.25) is 9.59 Å². The van der Waals surface area contributed by atoms with Crippen LogP contribution in [-0.4, -0.2) is 35.9 Å². The van der Waals surface area contributed by atoms with Gasteiger partial charge in [-0.1, -0.05) is 46.0 Å². The minimum absolute atomic E-state index is 0.317. The second kappa shape index (κ2) is 15.1. The van der Waals surface area contributed by atoms with Gasteiger partial charge in [-0.15, -0.1) is 23.2 Å². The molecule has 23 heavy (non-hydrogen) atoms. The summed E-state index contributed by atoms with van der Waals surface area (Å²) in [6.45, 7) is 4.81. The number of alkyl halides is 2. The van der Waals surface area contributed by atoms with Crippen LogP contribution in [0.4, 0.5) is 0 Å². The molecule has 0 N–H and O–H groups in total. The van der Waals surface area contributed by atoms with Gasteiger partial charge in [0.15, 0.2) is 0 Å². The fraction of sp³-hybridized carbons (Fsp3) is 0.882. The molecule has 0 aromatic carbocycles. The first kappa shape index (κ1) is 22.5. The van der Waals surface area contributed by atoms with Crippen molar-refractivity contribution >= 4 is 35.1 Å². The van der Waals surface area contributed by atoms with Gasteiger partial charge in [0.1, 0.15) is 10.8 Å². The summed E-state index contributed by atoms with van der Waals surface area (Å²) in [5.74, 6) is -0.633. The van der Waals surface area contributed by atoms with E-state index in [9.17, 15) is 9.59 Å². The van der Waals surface area contributed by atoms with E-state index >= 15 is 0 Å². The third kappa shape index (κ3) is 12.6. The second-order valence-electron chi connectivity index (χ2n) is 5.62. The second-order valence-corrected chi connectivity index (χ2v) is 6.67. The number of ether oxygens (including phenoxy) is 2. The Hall–Kier alpha value is -0.480. The highest BCUT2D eigenvalue weighted by atomic mass is 35.5. The van der Waals surface area contributed by atoms with Crippen LogP contribution in [0.5, 0.6) is 0 Å². The Morgan fingerprint density at radius 1 is 0.739 bits per heavy atom. The standard InChI is InChI=1S/C17H30Cl2O4/c1-3-10-14(18)16(20)22-12-8-6-5-7-9-13-23-17(21)15(19)11-4-2/h14-15H,3-13H2,1-2H3. The molecule has 0 rings (SSSR count). The summed E-state index contributed by atoms with van der Waals surface area (Å²) in [5.41, 5.74) is 0. The zero-order chi connectivity index (χ0) is 17.5. The minimum Gasteiger partial charge on any atom is -0.465 e. The van der Waals surface area contributed by atoms with E-state index in [1.54, 1.807) is 0 Å². The van der Waals surface area contributed by atoms with E-state index in [1.807, 2.05) is 13.8 Å². The number of esters is 2. The maximum Gasteiger partial charge on any atom is 0.324 e. The van der Waals surface area contributed by atoms with Gasteiger partial charge in [0.05, 0.1) is 13.2 Å². The number of unbranched alkanes of at least 4 members (excludes halogenated alkanes) is 4. The highest BCUT2D eigenvalue weighted by molar-refractivity contribution is 6.30. The topological polar surface area (TPSA) is 52.6 Å². The van der Waals surface area contributed by atoms with Gasteiger partial charge >= 0.3 is 11.9 Å². The SMILES string of the molecule is CCCC(Cl)C(=O)OCCCCCCCOC(=O)C(Cl)CCC. The molecule has 0 aromatic heterocycles. The zero-order valence-electron chi connectivity index (χ0n) is 14.3. The molecule has 0 bridgehead atoms. The molecule has 0 aliphatic carbocycles. The molecular formula is C17H30Cl2O4. The molecule has 4 nitrogen and oxygen atoms in total. The molecule has 0 radical (unpaired) electrons. The van der Waals surface area contributed by atoms with Crippen LogP contribution >= 0.6 is 23.2 Å². The summed E-state index contributed by atoms with van der Waals surface area (Å²) in [5, 5.41) is -1.04. The van der Waals surface area contributed by atoms with E-state index in [0.29, 0.717) is 26.1 Å². The molecule has 0 aliphatic rings. The van der Waals surface area contributed by atoms with E-state index in [1.165, 1.54) is 0 Å². The summed E-state index contributed by atoms with van der Waals surface area (Å²) in [6, 6.07) is 0. The summed E-state index contributed by atoms with van der Waals surface area (Å²) in [4.78, 5) is 22.9. The number of carbonyl (C=O) groups is 2. The molecule has 2 unspecified atom stereocenters. The van der Waals surface area contributed by atoms with Gasteiger partial charge in [-0.05, 0) is 25.7 Å². The number of hydrogen-bond acceptors (Lipinski definition) is 4. The molecule has 0 fully saturated rings. The summed E-state index contributed by atoms with van der Waals surface area (Å²) in [6.07, 6.45) is 7.71. The van der Waals surface area contributed by atoms with Crippen molar-refractivity contribution in [1.29, 1.82) is 0 Å². The minimum atomic E-state index is -0.520. The van der Waals surface area contributed by atoms with Gasteiger partial charge in [-0.2, -0.15) is 0 Å². The number of halogens is 2. The Morgan fingerprint density at radius 3 is 1.43 bits per heavy atom. The van der Waals surface area contributed by atoms with Crippen molar-refractivity contribution in [2.45, 2.75) is 82.4 Å². The van der Waals surface area contributed by atoms with Crippen LogP contribution in [0.3, 0.4) is 0 Å². The third-order valence-electron chi connectivity index (χ3n) is 3.37. The molecule has 0 saturated heterocycles. The molecule has 0 amide bonds. The first-order valence-electron chi connectivity index (χ1n) is 8.64. The molecule has 0 aliphatic heterocycles. The van der Waals surface area contributed by atoms with Crippen LogP contribution in [0.1, 0.15) is 71.6 Å². The van der Waals surface area contributed by atoms with Crippen LogP contribution in [-0.2, 0) is 19.1 Å². The van der Waals surface area contributed by atoms with Gasteiger partial charge in [-0.25, -0.2) is 0 Å². The lowest BCUT2D eigenvalue weighted by atomic mass is 10.1. The summed E-state index contributed by atoms with van der Waals surface area (Å²) < 4.78 is 10.2. The Kier molecular flexibility index (Phi) is 14.8. The molecule has 0 saturated carbocycles. The van der Waals surface area contributed by atoms with Crippen molar-refractivity contribution in [2.24, 2.45) is 0 Å². The molecule has 6 heteroatoms. The summed E-state index contributed by atoms with van der Waals surface area (Å²) in [7, 11) is 0. The van der Waals surface area contributed by atoms with Crippen molar-refractivity contribution in [2.75, 3.05) is 13.2 Å². The molecule has 0 heterocycles. The van der Waals surface area contributed by atoms with Gasteiger partial charge in [0.2, 0.25) is 0 Å². The largest absolute Gasteiger partial charge is 0.465 e. The molecule has 0 spiro atoms. The van der Waals surface area contributed by atoms with Crippen LogP contribution < -0.4 is 0 Å². The average molecular weight is 369 g/mol. The lowest BCUT2D eigenvalue weighted by molar-refractivity contribution is -0.144. The smallest absolute Gasteiger partial charge is 0.324 e. The molecule has 2 atom stereocenters. The third-order valence-corrected chi connectivity index (χ3v) is 4.17. The molecule has 136 valence electrons. The fourth-order valence-electron chi connectivity index (χ4n) is 2.00. The van der Waals surface area contributed by atoms with Gasteiger partial charge in [0, 0.05) is 0 Å². The van der Waals surface area contributed by atoms with E-state index < -0.39 is 10.8 Å². The lowest BCUT2D eigenvalue weighted by Crippen LogP contribution is -2.18. The van der Waals surface area contributed by atoms with E-state index in [-0.39, 0.29) is 11.9 Å². The van der Waals surface area contributed by atoms with Crippen molar-refractivity contribution in [1.82, 2.24) is 0 Å². The van der Waals surface area contributed by atoms with Crippen LogP contribution in [0.15, 0.2) is 0 Å². The van der Waals surface area contributed by atoms with Crippen LogP contribution in [0.2, 0.25) is 0 Å². The fourth-order valence-corrected chi connectivity index (χ4v) is 2.57. The van der Waals surface area contributed by atoms with E-state index in [2.05, 4.69) is 0 Å². The molecule has 0 aromatic rings. The lowest BCUT2D eigenvalue weighted by Gasteiger charge is -2.09. The van der Waals surface area contributed by atoms with Crippen molar-refractivity contribution in [3.8, 4) is 0 Å². The van der Waals surface area contributed by atoms with Gasteiger partial charge in [0.25, 0.3) is 0 Å². The summed E-state index contributed by atoms with van der Waals surface area (Å²) >= 11 is 11.7. The van der Waals surface area contributed by atoms with E-state index in [0.717, 1.165) is 44.9 Å². The Morgan fingerprint density at radius 2 is 1.09 bits per heavy atom. The van der Waals surface area contributed by atoms with Gasteiger partial charge < -0.3 is 9.47 Å². The quantitative estimate of drug-likeness (QED) is 0.250. The first-order chi connectivity index (χ1) is 11.0. The Labute approximate surface area is 150 Å². The number of carbonyl (C=O) groups excluding carboxylic acids is 2. The Balaban J connectivity index is 3.40. The predicted molar refractivity (Wildman–Crippen MR) is 94.1 cm³/mol. The van der Waals surface area contributed by atoms with Crippen molar-refractivity contribution < 1.29 is 19.1 Å². The van der Waals surface area contributed by atoms with Crippen molar-refractivity contribution in [3.05, 3.63) is 0 Å². The van der Waals surface area contributed by atoms with Crippen LogP contribution in [0.25, 0.3) is 0 Å². The average Bonchev–Trinajstić information content (AvgIpc) is 2.53. The Bertz CT molecular complexity index is 294. The number of hydrogen-bond donors (Lipinski definition) is 0. The highest BCUT2D eigenvalue weighted by Gasteiger charge is 2.15. The highest BCUT2D eigenvalue weighted by Crippen LogP contribution is 2.10. The van der Waals surface area contributed by atoms with Crippen LogP contribution in [0, 0.1) is 0 Å². The zero-order valence-corrected chi connectivity index (χ0v) is 15.8. The van der Waals surface area contributed by atoms with E-state index in [4.69, 9.17) is 32.7 Å². The maximum absolute atomic E-state index is 11.5. The predicted octanol–water partition coefficient (Wildman–Crippen LogP) is 4.84. The molecular weight excluding hydrogens is 339 g/mol. The number of rotatable bonds is 14. The first-order valence-corrected chi connectivity index (χ1v) is 9.51. The monoisotopic (exact) mass is 368 g/mol. The normalized spacial score (nSPS) is 13.4. The maximum atomic E-state index is 11.5.